The number of amides is 2. The largest absolute Gasteiger partial charge is 0.384 e. The number of carbonyl (C=O) groups is 2. The molecule has 4 aromatic heterocycles. The van der Waals surface area contributed by atoms with Gasteiger partial charge in [0.2, 0.25) is 17.8 Å². The quantitative estimate of drug-likeness (QED) is 0.133. The molecule has 0 bridgehead atoms. The van der Waals surface area contributed by atoms with E-state index in [2.05, 4.69) is 53.7 Å². The first-order valence-corrected chi connectivity index (χ1v) is 23.6. The molecule has 0 spiro atoms. The molecule has 18 heteroatoms. The van der Waals surface area contributed by atoms with E-state index in [0.29, 0.717) is 67.5 Å². The summed E-state index contributed by atoms with van der Waals surface area (Å²) in [5.74, 6) is -0.500. The third-order valence-corrected chi connectivity index (χ3v) is 15.1. The maximum atomic E-state index is 13.6. The van der Waals surface area contributed by atoms with Crippen LogP contribution in [0.25, 0.3) is 27.8 Å². The molecule has 2 amide bonds. The van der Waals surface area contributed by atoms with Crippen molar-refractivity contribution in [3.05, 3.63) is 105 Å². The molecular formula is C49H53F2N11O5. The van der Waals surface area contributed by atoms with Crippen molar-refractivity contribution in [1.29, 1.82) is 0 Å². The molecule has 2 aromatic carbocycles. The second kappa shape index (κ2) is 17.4. The molecule has 3 N–H and O–H groups in total. The van der Waals surface area contributed by atoms with Crippen molar-refractivity contribution in [1.82, 2.24) is 44.6 Å². The second-order valence-corrected chi connectivity index (χ2v) is 18.7. The van der Waals surface area contributed by atoms with Crippen molar-refractivity contribution in [3.63, 3.8) is 0 Å². The van der Waals surface area contributed by atoms with E-state index < -0.39 is 29.7 Å². The number of hydrogen-bond donors (Lipinski definition) is 3. The summed E-state index contributed by atoms with van der Waals surface area (Å²) in [5.41, 5.74) is 5.72. The molecule has 8 heterocycles. The molecule has 16 nitrogen and oxygen atoms in total. The third-order valence-electron chi connectivity index (χ3n) is 15.1. The molecule has 1 unspecified atom stereocenters. The number of benzene rings is 2. The number of aliphatic hydroxyl groups is 1. The predicted molar refractivity (Wildman–Crippen MR) is 247 cm³/mol. The zero-order chi connectivity index (χ0) is 46.0. The normalized spacial score (nSPS) is 22.0. The molecule has 6 aromatic rings. The van der Waals surface area contributed by atoms with Crippen molar-refractivity contribution in [3.8, 4) is 5.82 Å². The zero-order valence-corrected chi connectivity index (χ0v) is 37.4. The number of halogens is 2. The minimum atomic E-state index is -1.91. The van der Waals surface area contributed by atoms with E-state index in [4.69, 9.17) is 14.5 Å². The molecule has 0 radical (unpaired) electrons. The fourth-order valence-corrected chi connectivity index (χ4v) is 11.2. The number of nitrogens with one attached hydrogen (secondary N) is 2. The van der Waals surface area contributed by atoms with Crippen LogP contribution < -0.4 is 21.1 Å². The molecular weight excluding hydrogens is 861 g/mol. The summed E-state index contributed by atoms with van der Waals surface area (Å²) in [6.07, 6.45) is 7.91. The van der Waals surface area contributed by atoms with Crippen molar-refractivity contribution in [2.75, 3.05) is 42.9 Å². The highest BCUT2D eigenvalue weighted by Gasteiger charge is 2.38. The van der Waals surface area contributed by atoms with E-state index in [1.807, 2.05) is 31.2 Å². The molecule has 3 saturated heterocycles. The molecule has 3 fully saturated rings. The molecule has 348 valence electrons. The molecule has 1 aliphatic carbocycles. The summed E-state index contributed by atoms with van der Waals surface area (Å²) in [6, 6.07) is 16.9. The van der Waals surface area contributed by atoms with E-state index in [1.165, 1.54) is 22.0 Å². The van der Waals surface area contributed by atoms with E-state index in [1.54, 1.807) is 6.07 Å². The number of rotatable bonds is 10. The smallest absolute Gasteiger partial charge is 0.278 e. The zero-order valence-electron chi connectivity index (χ0n) is 37.4. The second-order valence-electron chi connectivity index (χ2n) is 18.7. The third kappa shape index (κ3) is 7.97. The van der Waals surface area contributed by atoms with Crippen LogP contribution >= 0.6 is 0 Å². The summed E-state index contributed by atoms with van der Waals surface area (Å²) in [5, 5.41) is 22.4. The van der Waals surface area contributed by atoms with Gasteiger partial charge in [-0.25, -0.2) is 19.3 Å². The number of imide groups is 1. The van der Waals surface area contributed by atoms with Gasteiger partial charge >= 0.3 is 0 Å². The first-order chi connectivity index (χ1) is 32.5. The molecule has 0 saturated carbocycles. The van der Waals surface area contributed by atoms with Gasteiger partial charge in [-0.3, -0.25) is 24.6 Å². The summed E-state index contributed by atoms with van der Waals surface area (Å²) < 4.78 is 35.2. The molecule has 2 atom stereocenters. The van der Waals surface area contributed by atoms with Gasteiger partial charge in [0.25, 0.3) is 11.6 Å². The number of anilines is 3. The van der Waals surface area contributed by atoms with Crippen LogP contribution in [0.5, 0.6) is 0 Å². The number of fused-ring (bicyclic) bond motifs is 5. The highest BCUT2D eigenvalue weighted by molar-refractivity contribution is 6.02. The lowest BCUT2D eigenvalue weighted by Gasteiger charge is -2.45. The topological polar surface area (TPSA) is 180 Å². The Hall–Kier alpha value is -6.37. The van der Waals surface area contributed by atoms with Gasteiger partial charge in [0.05, 0.1) is 18.2 Å². The monoisotopic (exact) mass is 913 g/mol. The first kappa shape index (κ1) is 43.2. The predicted octanol–water partition coefficient (Wildman–Crippen LogP) is 6.20. The SMILES string of the molecule is CC[C@@]1(O)CCc2ccc(-n3c4nc(Nc5ccc(N6CCC(N7CCC(N8CCc9ccc%10c(C%11CCC(=O)NC%11=O)noc%10c9C8)CC7)CC6)cc5)ncc4c(=O)n3CC=C(F)F)nc21. The first-order valence-electron chi connectivity index (χ1n) is 23.6. The van der Waals surface area contributed by atoms with Crippen LogP contribution in [-0.2, 0) is 41.1 Å². The number of likely N-dealkylation sites (tertiary alicyclic amines) is 1. The Kier molecular flexibility index (Phi) is 11.2. The van der Waals surface area contributed by atoms with Crippen molar-refractivity contribution >= 4 is 51.1 Å². The van der Waals surface area contributed by atoms with Crippen LogP contribution in [-0.4, -0.2) is 101 Å². The van der Waals surface area contributed by atoms with E-state index in [9.17, 15) is 28.3 Å². The highest BCUT2D eigenvalue weighted by Crippen LogP contribution is 2.39. The number of piperidine rings is 3. The number of hydrogen-bond acceptors (Lipinski definition) is 13. The number of aromatic nitrogens is 6. The van der Waals surface area contributed by atoms with Crippen molar-refractivity contribution in [2.24, 2.45) is 0 Å². The van der Waals surface area contributed by atoms with Gasteiger partial charge < -0.3 is 24.7 Å². The molecule has 4 aliphatic heterocycles. The average molecular weight is 914 g/mol. The van der Waals surface area contributed by atoms with Crippen molar-refractivity contribution in [2.45, 2.75) is 108 Å². The molecule has 11 rings (SSSR count). The Morgan fingerprint density at radius 3 is 2.40 bits per heavy atom. The van der Waals surface area contributed by atoms with Gasteiger partial charge in [0, 0.05) is 79.3 Å². The highest BCUT2D eigenvalue weighted by atomic mass is 19.3. The van der Waals surface area contributed by atoms with Crippen LogP contribution in [0, 0.1) is 0 Å². The Morgan fingerprint density at radius 2 is 1.64 bits per heavy atom. The van der Waals surface area contributed by atoms with Gasteiger partial charge in [-0.1, -0.05) is 24.2 Å². The van der Waals surface area contributed by atoms with Crippen LogP contribution in [0.15, 0.2) is 76.2 Å². The van der Waals surface area contributed by atoms with Crippen LogP contribution in [0.3, 0.4) is 0 Å². The summed E-state index contributed by atoms with van der Waals surface area (Å²) in [4.78, 5) is 59.6. The minimum absolute atomic E-state index is 0.154. The lowest BCUT2D eigenvalue weighted by Crippen LogP contribution is -2.51. The van der Waals surface area contributed by atoms with E-state index in [-0.39, 0.29) is 28.8 Å². The number of carbonyl (C=O) groups excluding carboxylic acids is 2. The molecule has 67 heavy (non-hydrogen) atoms. The van der Waals surface area contributed by atoms with Gasteiger partial charge in [-0.2, -0.15) is 13.8 Å². The van der Waals surface area contributed by atoms with Crippen LogP contribution in [0.4, 0.5) is 26.1 Å². The summed E-state index contributed by atoms with van der Waals surface area (Å²) in [7, 11) is 0. The fraction of sp³-hybridized carbons (Fsp3) is 0.449. The summed E-state index contributed by atoms with van der Waals surface area (Å²) >= 11 is 0. The lowest BCUT2D eigenvalue weighted by molar-refractivity contribution is -0.134. The van der Waals surface area contributed by atoms with Gasteiger partial charge in [0.15, 0.2) is 17.0 Å². The maximum absolute atomic E-state index is 13.6. The number of aryl methyl sites for hydroxylation is 1. The number of allylic oxidation sites excluding steroid dienone is 1. The molecule has 5 aliphatic rings. The van der Waals surface area contributed by atoms with Gasteiger partial charge in [-0.05, 0) is 118 Å². The average Bonchev–Trinajstić information content (AvgIpc) is 4.02. The minimum Gasteiger partial charge on any atom is -0.384 e. The number of pyridine rings is 1. The Labute approximate surface area is 384 Å². The standard InChI is InChI=1S/C49H53F2N11O5/c1-2-49(66)20-13-30-4-11-40(54-44(30)49)62-45-37(47(65)61(62)26-19-39(50)51)27-52-48(56-45)53-31-5-7-32(8-6-31)58-22-15-33(16-23-58)59-24-17-34(18-25-59)60-21-14-29-3-9-35-42(57-67-43(35)38(29)28-60)36-10-12-41(63)55-46(36)64/h3-9,11,19,27,33-34,36,66H,2,10,12-18,20-26,28H2,1H3,(H,52,53,56)(H,55,63,64)/t36?,49-/m1/s1. The Bertz CT molecular complexity index is 2980. The number of nitrogens with zero attached hydrogens (tertiary/aromatic N) is 9. The maximum Gasteiger partial charge on any atom is 0.278 e. The van der Waals surface area contributed by atoms with Crippen LogP contribution in [0.1, 0.15) is 92.3 Å². The van der Waals surface area contributed by atoms with Gasteiger partial charge in [0.1, 0.15) is 16.7 Å². The lowest BCUT2D eigenvalue weighted by atomic mass is 9.90. The summed E-state index contributed by atoms with van der Waals surface area (Å²) in [6.45, 7) is 7.34. The Balaban J connectivity index is 0.714. The van der Waals surface area contributed by atoms with Crippen molar-refractivity contribution < 1.29 is 28.0 Å². The fourth-order valence-electron chi connectivity index (χ4n) is 11.2. The van der Waals surface area contributed by atoms with E-state index in [0.717, 1.165) is 104 Å². The van der Waals surface area contributed by atoms with Crippen LogP contribution in [0.2, 0.25) is 0 Å². The Morgan fingerprint density at radius 1 is 0.881 bits per heavy atom. The van der Waals surface area contributed by atoms with E-state index >= 15 is 0 Å². The van der Waals surface area contributed by atoms with Gasteiger partial charge in [-0.15, -0.1) is 0 Å².